The smallest absolute Gasteiger partial charge is 0.295 e. The summed E-state index contributed by atoms with van der Waals surface area (Å²) in [5.74, 6) is -0.117. The number of carbonyl (C=O) groups excluding carboxylic acids is 2. The van der Waals surface area contributed by atoms with Crippen molar-refractivity contribution in [2.24, 2.45) is 0 Å². The number of aliphatic hydroxyl groups is 1. The number of benzene rings is 2. The maximum atomic E-state index is 13.3. The summed E-state index contributed by atoms with van der Waals surface area (Å²) in [7, 11) is 3.94. The van der Waals surface area contributed by atoms with Gasteiger partial charge in [-0.3, -0.25) is 9.59 Å². The molecule has 1 unspecified atom stereocenters. The highest BCUT2D eigenvalue weighted by atomic mass is 16.5. The van der Waals surface area contributed by atoms with Crippen LogP contribution in [0.4, 0.5) is 0 Å². The van der Waals surface area contributed by atoms with Crippen LogP contribution in [0.2, 0.25) is 0 Å². The molecule has 3 rings (SSSR count). The minimum atomic E-state index is -0.684. The zero-order valence-electron chi connectivity index (χ0n) is 22.5. The maximum Gasteiger partial charge on any atom is 0.295 e. The number of ether oxygens (including phenoxy) is 2. The van der Waals surface area contributed by atoms with Crippen molar-refractivity contribution < 1.29 is 24.2 Å². The van der Waals surface area contributed by atoms with E-state index < -0.39 is 17.7 Å². The van der Waals surface area contributed by atoms with E-state index in [4.69, 9.17) is 9.47 Å². The summed E-state index contributed by atoms with van der Waals surface area (Å²) in [6.07, 6.45) is 4.79. The number of likely N-dealkylation sites (tertiary alicyclic amines) is 1. The lowest BCUT2D eigenvalue weighted by atomic mass is 9.95. The quantitative estimate of drug-likeness (QED) is 0.159. The Kier molecular flexibility index (Phi) is 10.6. The van der Waals surface area contributed by atoms with Crippen molar-refractivity contribution in [1.29, 1.82) is 0 Å². The number of aliphatic hydroxyl groups excluding tert-OH is 1. The third-order valence-electron chi connectivity index (χ3n) is 6.34. The molecule has 1 aliphatic heterocycles. The van der Waals surface area contributed by atoms with E-state index in [-0.39, 0.29) is 11.3 Å². The number of unbranched alkanes of at least 4 members (excludes halogenated alkanes) is 2. The average molecular weight is 509 g/mol. The second-order valence-electron chi connectivity index (χ2n) is 9.65. The van der Waals surface area contributed by atoms with E-state index in [9.17, 15) is 14.7 Å². The fourth-order valence-corrected chi connectivity index (χ4v) is 4.41. The van der Waals surface area contributed by atoms with Gasteiger partial charge in [-0.05, 0) is 69.7 Å². The highest BCUT2D eigenvalue weighted by Crippen LogP contribution is 2.40. The van der Waals surface area contributed by atoms with Gasteiger partial charge < -0.3 is 24.4 Å². The first kappa shape index (κ1) is 28.3. The molecule has 0 bridgehead atoms. The number of carbonyl (C=O) groups is 2. The van der Waals surface area contributed by atoms with Crippen LogP contribution >= 0.6 is 0 Å². The summed E-state index contributed by atoms with van der Waals surface area (Å²) in [5, 5.41) is 11.3. The molecule has 1 atom stereocenters. The van der Waals surface area contributed by atoms with Crippen molar-refractivity contribution >= 4 is 17.4 Å². The van der Waals surface area contributed by atoms with Crippen LogP contribution in [0.1, 0.15) is 63.1 Å². The summed E-state index contributed by atoms with van der Waals surface area (Å²) < 4.78 is 11.6. The van der Waals surface area contributed by atoms with Crippen LogP contribution in [0.25, 0.3) is 5.76 Å². The number of Topliss-reactive ketones (excluding diaryl/α,β-unsaturated/α-hetero) is 1. The molecule has 1 heterocycles. The number of rotatable bonds is 14. The molecule has 7 heteroatoms. The third kappa shape index (κ3) is 7.35. The van der Waals surface area contributed by atoms with Crippen LogP contribution in [0.5, 0.6) is 11.5 Å². The number of hydrogen-bond acceptors (Lipinski definition) is 6. The van der Waals surface area contributed by atoms with Crippen LogP contribution in [-0.4, -0.2) is 67.0 Å². The summed E-state index contributed by atoms with van der Waals surface area (Å²) >= 11 is 0. The SMILES string of the molecule is CCCCCOc1ccc(C2C(=C(O)c3cccc(OCCC)c3)C(=O)C(=O)N2CCCN(C)C)cc1. The molecule has 1 aliphatic rings. The molecule has 0 spiro atoms. The Morgan fingerprint density at radius 3 is 2.32 bits per heavy atom. The monoisotopic (exact) mass is 508 g/mol. The Morgan fingerprint density at radius 1 is 0.919 bits per heavy atom. The molecule has 37 heavy (non-hydrogen) atoms. The predicted molar refractivity (Wildman–Crippen MR) is 146 cm³/mol. The standard InChI is InChI=1S/C30H40N2O5/c1-5-7-8-20-37-24-15-13-22(14-16-24)27-26(29(34)30(35)32(27)18-10-17-31(3)4)28(33)23-11-9-12-25(21-23)36-19-6-2/h9,11-16,21,27,33H,5-8,10,17-20H2,1-4H3. The first-order chi connectivity index (χ1) is 17.9. The zero-order chi connectivity index (χ0) is 26.8. The molecule has 0 aliphatic carbocycles. The van der Waals surface area contributed by atoms with Gasteiger partial charge in [0.05, 0.1) is 24.8 Å². The Bertz CT molecular complexity index is 1080. The van der Waals surface area contributed by atoms with Crippen LogP contribution in [0.15, 0.2) is 54.1 Å². The summed E-state index contributed by atoms with van der Waals surface area (Å²) in [4.78, 5) is 30.0. The van der Waals surface area contributed by atoms with Gasteiger partial charge in [0.1, 0.15) is 17.3 Å². The van der Waals surface area contributed by atoms with Crippen molar-refractivity contribution in [2.75, 3.05) is 40.4 Å². The van der Waals surface area contributed by atoms with E-state index in [0.717, 1.165) is 43.5 Å². The molecule has 200 valence electrons. The number of hydrogen-bond donors (Lipinski definition) is 1. The Balaban J connectivity index is 1.97. The van der Waals surface area contributed by atoms with Gasteiger partial charge >= 0.3 is 0 Å². The highest BCUT2D eigenvalue weighted by Gasteiger charge is 2.45. The van der Waals surface area contributed by atoms with Gasteiger partial charge in [-0.2, -0.15) is 0 Å². The van der Waals surface area contributed by atoms with Gasteiger partial charge in [-0.1, -0.05) is 51.0 Å². The van der Waals surface area contributed by atoms with E-state index in [0.29, 0.717) is 37.5 Å². The molecular weight excluding hydrogens is 468 g/mol. The zero-order valence-corrected chi connectivity index (χ0v) is 22.5. The van der Waals surface area contributed by atoms with Gasteiger partial charge in [0, 0.05) is 12.1 Å². The van der Waals surface area contributed by atoms with E-state index in [2.05, 4.69) is 6.92 Å². The average Bonchev–Trinajstić information content (AvgIpc) is 3.15. The van der Waals surface area contributed by atoms with Crippen molar-refractivity contribution in [3.63, 3.8) is 0 Å². The minimum absolute atomic E-state index is 0.0964. The van der Waals surface area contributed by atoms with Gasteiger partial charge in [0.2, 0.25) is 0 Å². The molecule has 1 amide bonds. The first-order valence-corrected chi connectivity index (χ1v) is 13.3. The lowest BCUT2D eigenvalue weighted by molar-refractivity contribution is -0.139. The molecule has 1 saturated heterocycles. The normalized spacial score (nSPS) is 17.0. The second kappa shape index (κ2) is 13.8. The molecular formula is C30H40N2O5. The lowest BCUT2D eigenvalue weighted by Crippen LogP contribution is -2.32. The maximum absolute atomic E-state index is 13.3. The molecule has 2 aromatic rings. The van der Waals surface area contributed by atoms with Crippen molar-refractivity contribution in [3.05, 3.63) is 65.2 Å². The fraction of sp³-hybridized carbons (Fsp3) is 0.467. The number of nitrogens with zero attached hydrogens (tertiary/aromatic N) is 2. The Hall–Kier alpha value is -3.32. The van der Waals surface area contributed by atoms with Crippen molar-refractivity contribution in [2.45, 2.75) is 52.0 Å². The van der Waals surface area contributed by atoms with Crippen LogP contribution in [0, 0.1) is 0 Å². The molecule has 1 fully saturated rings. The largest absolute Gasteiger partial charge is 0.507 e. The first-order valence-electron chi connectivity index (χ1n) is 13.3. The summed E-state index contributed by atoms with van der Waals surface area (Å²) in [6, 6.07) is 13.8. The van der Waals surface area contributed by atoms with Gasteiger partial charge in [0.25, 0.3) is 11.7 Å². The van der Waals surface area contributed by atoms with E-state index in [1.54, 1.807) is 23.1 Å². The lowest BCUT2D eigenvalue weighted by Gasteiger charge is -2.26. The summed E-state index contributed by atoms with van der Waals surface area (Å²) in [5.41, 5.74) is 1.30. The molecule has 0 aromatic heterocycles. The van der Waals surface area contributed by atoms with E-state index in [1.807, 2.05) is 56.3 Å². The third-order valence-corrected chi connectivity index (χ3v) is 6.34. The minimum Gasteiger partial charge on any atom is -0.507 e. The van der Waals surface area contributed by atoms with Crippen LogP contribution in [0.3, 0.4) is 0 Å². The van der Waals surface area contributed by atoms with Gasteiger partial charge in [-0.25, -0.2) is 0 Å². The van der Waals surface area contributed by atoms with Gasteiger partial charge in [-0.15, -0.1) is 0 Å². The molecule has 0 saturated carbocycles. The molecule has 0 radical (unpaired) electrons. The topological polar surface area (TPSA) is 79.3 Å². The van der Waals surface area contributed by atoms with Crippen molar-refractivity contribution in [1.82, 2.24) is 9.80 Å². The van der Waals surface area contributed by atoms with E-state index in [1.165, 1.54) is 0 Å². The second-order valence-corrected chi connectivity index (χ2v) is 9.65. The van der Waals surface area contributed by atoms with Crippen LogP contribution < -0.4 is 9.47 Å². The summed E-state index contributed by atoms with van der Waals surface area (Å²) in [6.45, 7) is 6.54. The highest BCUT2D eigenvalue weighted by molar-refractivity contribution is 6.46. The number of amides is 1. The van der Waals surface area contributed by atoms with Crippen molar-refractivity contribution in [3.8, 4) is 11.5 Å². The van der Waals surface area contributed by atoms with Gasteiger partial charge in [0.15, 0.2) is 0 Å². The molecule has 7 nitrogen and oxygen atoms in total. The Morgan fingerprint density at radius 2 is 1.65 bits per heavy atom. The predicted octanol–water partition coefficient (Wildman–Crippen LogP) is 5.42. The molecule has 1 N–H and O–H groups in total. The van der Waals surface area contributed by atoms with Crippen LogP contribution in [-0.2, 0) is 9.59 Å². The molecule has 2 aromatic carbocycles. The van der Waals surface area contributed by atoms with E-state index >= 15 is 0 Å². The Labute approximate surface area is 220 Å². The fourth-order valence-electron chi connectivity index (χ4n) is 4.41. The number of ketones is 1.